The second-order valence-corrected chi connectivity index (χ2v) is 9.32. The van der Waals surface area contributed by atoms with Crippen molar-refractivity contribution in [3.05, 3.63) is 53.6 Å². The van der Waals surface area contributed by atoms with Crippen LogP contribution in [-0.4, -0.2) is 33.7 Å². The summed E-state index contributed by atoms with van der Waals surface area (Å²) in [6, 6.07) is 12.7. The maximum atomic E-state index is 13.6. The largest absolute Gasteiger partial charge is 0.491 e. The van der Waals surface area contributed by atoms with E-state index >= 15 is 0 Å². The topological polar surface area (TPSA) is 63.7 Å². The molecule has 0 aromatic heterocycles. The van der Waals surface area contributed by atoms with Gasteiger partial charge in [-0.1, -0.05) is 44.0 Å². The molecule has 2 aliphatic rings. The predicted molar refractivity (Wildman–Crippen MR) is 104 cm³/mol. The molecule has 5 nitrogen and oxygen atoms in total. The van der Waals surface area contributed by atoms with E-state index in [1.807, 2.05) is 29.2 Å². The number of rotatable bonds is 5. The van der Waals surface area contributed by atoms with Gasteiger partial charge >= 0.3 is 0 Å². The third-order valence-corrected chi connectivity index (χ3v) is 6.65. The summed E-state index contributed by atoms with van der Waals surface area (Å²) < 4.78 is 29.6. The van der Waals surface area contributed by atoms with Crippen LogP contribution < -0.4 is 9.64 Å². The van der Waals surface area contributed by atoms with Crippen molar-refractivity contribution in [1.82, 2.24) is 0 Å². The molecule has 2 heterocycles. The van der Waals surface area contributed by atoms with Gasteiger partial charge in [-0.25, -0.2) is 8.42 Å². The van der Waals surface area contributed by atoms with Crippen molar-refractivity contribution in [2.75, 3.05) is 24.3 Å². The predicted octanol–water partition coefficient (Wildman–Crippen LogP) is 3.31. The third kappa shape index (κ3) is 2.65. The van der Waals surface area contributed by atoms with Gasteiger partial charge < -0.3 is 9.64 Å². The molecule has 0 bridgehead atoms. The normalized spacial score (nSPS) is 20.7. The number of sulfone groups is 1. The Balaban J connectivity index is 1.82. The SMILES string of the molecule is CCCCCN1C(=O)C2(COc3cc(S(C)(=O)=O)ccc32)c2ccccc21. The molecule has 0 radical (unpaired) electrons. The van der Waals surface area contributed by atoms with Crippen molar-refractivity contribution >= 4 is 21.4 Å². The lowest BCUT2D eigenvalue weighted by molar-refractivity contribution is -0.122. The van der Waals surface area contributed by atoms with Gasteiger partial charge in [0.15, 0.2) is 9.84 Å². The monoisotopic (exact) mass is 385 g/mol. The first-order chi connectivity index (χ1) is 12.9. The van der Waals surface area contributed by atoms with E-state index in [-0.39, 0.29) is 17.4 Å². The van der Waals surface area contributed by atoms with E-state index in [4.69, 9.17) is 4.74 Å². The van der Waals surface area contributed by atoms with Crippen LogP contribution in [0, 0.1) is 0 Å². The number of anilines is 1. The van der Waals surface area contributed by atoms with Gasteiger partial charge in [0.1, 0.15) is 17.8 Å². The van der Waals surface area contributed by atoms with Crippen LogP contribution in [0.1, 0.15) is 37.3 Å². The zero-order valence-corrected chi connectivity index (χ0v) is 16.4. The summed E-state index contributed by atoms with van der Waals surface area (Å²) in [4.78, 5) is 15.6. The molecule has 1 atom stereocenters. The van der Waals surface area contributed by atoms with Crippen LogP contribution in [-0.2, 0) is 20.0 Å². The van der Waals surface area contributed by atoms with Crippen LogP contribution in [0.2, 0.25) is 0 Å². The van der Waals surface area contributed by atoms with E-state index in [1.165, 1.54) is 12.3 Å². The van der Waals surface area contributed by atoms with Gasteiger partial charge in [0.25, 0.3) is 0 Å². The number of hydrogen-bond acceptors (Lipinski definition) is 4. The van der Waals surface area contributed by atoms with E-state index < -0.39 is 15.3 Å². The third-order valence-electron chi connectivity index (χ3n) is 5.54. The first-order valence-electron chi connectivity index (χ1n) is 9.28. The Morgan fingerprint density at radius 2 is 1.89 bits per heavy atom. The number of benzene rings is 2. The second-order valence-electron chi connectivity index (χ2n) is 7.31. The second kappa shape index (κ2) is 6.37. The number of nitrogens with zero attached hydrogens (tertiary/aromatic N) is 1. The Bertz CT molecular complexity index is 1010. The average Bonchev–Trinajstić information content (AvgIpc) is 3.14. The smallest absolute Gasteiger partial charge is 0.245 e. The van der Waals surface area contributed by atoms with Crippen LogP contribution in [0.5, 0.6) is 5.75 Å². The van der Waals surface area contributed by atoms with Gasteiger partial charge in [-0.15, -0.1) is 0 Å². The lowest BCUT2D eigenvalue weighted by atomic mass is 9.77. The van der Waals surface area contributed by atoms with E-state index in [9.17, 15) is 13.2 Å². The molecular weight excluding hydrogens is 362 g/mol. The van der Waals surface area contributed by atoms with Crippen LogP contribution in [0.3, 0.4) is 0 Å². The first kappa shape index (κ1) is 18.0. The Morgan fingerprint density at radius 1 is 1.11 bits per heavy atom. The zero-order valence-electron chi connectivity index (χ0n) is 15.6. The fraction of sp³-hybridized carbons (Fsp3) is 0.381. The van der Waals surface area contributed by atoms with E-state index in [1.54, 1.807) is 12.1 Å². The first-order valence-corrected chi connectivity index (χ1v) is 11.2. The molecule has 142 valence electrons. The van der Waals surface area contributed by atoms with E-state index in [0.29, 0.717) is 12.3 Å². The van der Waals surface area contributed by atoms with Crippen LogP contribution >= 0.6 is 0 Å². The highest BCUT2D eigenvalue weighted by Crippen LogP contribution is 2.52. The van der Waals surface area contributed by atoms with Gasteiger partial charge in [-0.2, -0.15) is 0 Å². The molecule has 2 aromatic carbocycles. The standard InChI is InChI=1S/C21H23NO4S/c1-3-4-7-12-22-18-9-6-5-8-16(18)21(20(22)23)14-26-19-13-15(27(2,24)25)10-11-17(19)21/h5-6,8-11,13H,3-4,7,12,14H2,1-2H3. The van der Waals surface area contributed by atoms with Crippen molar-refractivity contribution in [3.8, 4) is 5.75 Å². The number of ether oxygens (including phenoxy) is 1. The number of fused-ring (bicyclic) bond motifs is 4. The van der Waals surface area contributed by atoms with Crippen molar-refractivity contribution in [2.45, 2.75) is 36.5 Å². The van der Waals surface area contributed by atoms with Gasteiger partial charge in [0, 0.05) is 24.1 Å². The molecule has 6 heteroatoms. The maximum Gasteiger partial charge on any atom is 0.245 e. The molecule has 2 aromatic rings. The fourth-order valence-corrected chi connectivity index (χ4v) is 4.77. The van der Waals surface area contributed by atoms with Gasteiger partial charge in [-0.3, -0.25) is 4.79 Å². The quantitative estimate of drug-likeness (QED) is 0.741. The Hall–Kier alpha value is -2.34. The van der Waals surface area contributed by atoms with E-state index in [0.717, 1.165) is 36.1 Å². The van der Waals surface area contributed by atoms with Crippen LogP contribution in [0.25, 0.3) is 0 Å². The van der Waals surface area contributed by atoms with Gasteiger partial charge in [0.2, 0.25) is 5.91 Å². The number of unbranched alkanes of at least 4 members (excludes halogenated alkanes) is 2. The molecule has 0 N–H and O–H groups in total. The lowest BCUT2D eigenvalue weighted by Gasteiger charge is -2.23. The summed E-state index contributed by atoms with van der Waals surface area (Å²) in [6.07, 6.45) is 4.29. The van der Waals surface area contributed by atoms with Crippen molar-refractivity contribution < 1.29 is 17.9 Å². The van der Waals surface area contributed by atoms with E-state index in [2.05, 4.69) is 6.92 Å². The molecule has 0 aliphatic carbocycles. The van der Waals surface area contributed by atoms with Gasteiger partial charge in [-0.05, 0) is 30.2 Å². The summed E-state index contributed by atoms with van der Waals surface area (Å²) in [5.41, 5.74) is 1.75. The summed E-state index contributed by atoms with van der Waals surface area (Å²) in [5.74, 6) is 0.502. The molecule has 4 rings (SSSR count). The Morgan fingerprint density at radius 3 is 2.63 bits per heavy atom. The lowest BCUT2D eigenvalue weighted by Crippen LogP contribution is -2.42. The number of hydrogen-bond donors (Lipinski definition) is 0. The number of para-hydroxylation sites is 1. The van der Waals surface area contributed by atoms with Crippen molar-refractivity contribution in [1.29, 1.82) is 0 Å². The highest BCUT2D eigenvalue weighted by Gasteiger charge is 2.56. The number of carbonyl (C=O) groups is 1. The maximum absolute atomic E-state index is 13.6. The highest BCUT2D eigenvalue weighted by atomic mass is 32.2. The molecule has 27 heavy (non-hydrogen) atoms. The summed E-state index contributed by atoms with van der Waals surface area (Å²) in [7, 11) is -3.33. The van der Waals surface area contributed by atoms with Crippen LogP contribution in [0.15, 0.2) is 47.4 Å². The fourth-order valence-electron chi connectivity index (χ4n) is 4.14. The molecule has 0 saturated carbocycles. The minimum Gasteiger partial charge on any atom is -0.491 e. The van der Waals surface area contributed by atoms with Crippen molar-refractivity contribution in [2.24, 2.45) is 0 Å². The minimum absolute atomic E-state index is 0.0191. The number of amides is 1. The number of carbonyl (C=O) groups excluding carboxylic acids is 1. The molecule has 1 unspecified atom stereocenters. The summed E-state index contributed by atoms with van der Waals surface area (Å²) in [6.45, 7) is 3.03. The van der Waals surface area contributed by atoms with Crippen LogP contribution in [0.4, 0.5) is 5.69 Å². The Kier molecular flexibility index (Phi) is 4.26. The minimum atomic E-state index is -3.33. The molecule has 2 aliphatic heterocycles. The molecule has 0 fully saturated rings. The molecule has 1 spiro atoms. The van der Waals surface area contributed by atoms with Crippen molar-refractivity contribution in [3.63, 3.8) is 0 Å². The molecule has 0 saturated heterocycles. The summed E-state index contributed by atoms with van der Waals surface area (Å²) in [5, 5.41) is 0. The zero-order chi connectivity index (χ0) is 19.2. The highest BCUT2D eigenvalue weighted by molar-refractivity contribution is 7.90. The summed E-state index contributed by atoms with van der Waals surface area (Å²) >= 11 is 0. The van der Waals surface area contributed by atoms with Gasteiger partial charge in [0.05, 0.1) is 4.90 Å². The Labute approximate surface area is 159 Å². The average molecular weight is 385 g/mol. The molecular formula is C21H23NO4S. The molecule has 1 amide bonds.